The Morgan fingerprint density at radius 2 is 2.12 bits per heavy atom. The van der Waals surface area contributed by atoms with Crippen LogP contribution in [0.1, 0.15) is 18.4 Å². The molecule has 7 nitrogen and oxygen atoms in total. The third-order valence-electron chi connectivity index (χ3n) is 4.61. The predicted octanol–water partition coefficient (Wildman–Crippen LogP) is 1.19. The molecular formula is C16H23N3O4S. The fraction of sp³-hybridized carbons (Fsp3) is 0.562. The lowest BCUT2D eigenvalue weighted by Gasteiger charge is -2.32. The van der Waals surface area contributed by atoms with E-state index >= 15 is 0 Å². The summed E-state index contributed by atoms with van der Waals surface area (Å²) in [5.41, 5.74) is 1.98. The summed E-state index contributed by atoms with van der Waals surface area (Å²) >= 11 is 0. The van der Waals surface area contributed by atoms with Crippen LogP contribution in [0.2, 0.25) is 0 Å². The van der Waals surface area contributed by atoms with E-state index in [1.807, 2.05) is 18.2 Å². The van der Waals surface area contributed by atoms with Crippen LogP contribution in [0.4, 0.5) is 10.5 Å². The van der Waals surface area contributed by atoms with Gasteiger partial charge >= 0.3 is 6.03 Å². The van der Waals surface area contributed by atoms with E-state index in [2.05, 4.69) is 5.32 Å². The largest absolute Gasteiger partial charge is 0.497 e. The molecule has 1 aromatic carbocycles. The van der Waals surface area contributed by atoms with Crippen molar-refractivity contribution >= 4 is 21.7 Å². The van der Waals surface area contributed by atoms with Crippen molar-refractivity contribution in [3.8, 4) is 5.75 Å². The van der Waals surface area contributed by atoms with Crippen molar-refractivity contribution < 1.29 is 17.9 Å². The zero-order valence-corrected chi connectivity index (χ0v) is 14.8. The normalized spacial score (nSPS) is 21.4. The highest BCUT2D eigenvalue weighted by atomic mass is 32.2. The number of piperidine rings is 1. The third-order valence-corrected chi connectivity index (χ3v) is 5.88. The summed E-state index contributed by atoms with van der Waals surface area (Å²) in [5, 5.41) is 2.98. The number of benzene rings is 1. The highest BCUT2D eigenvalue weighted by Crippen LogP contribution is 2.31. The maximum absolute atomic E-state index is 12.6. The lowest BCUT2D eigenvalue weighted by molar-refractivity contribution is 0.231. The number of rotatable bonds is 3. The minimum atomic E-state index is -3.22. The molecule has 0 aliphatic carbocycles. The van der Waals surface area contributed by atoms with Gasteiger partial charge in [0.15, 0.2) is 0 Å². The second kappa shape index (κ2) is 6.60. The number of fused-ring (bicyclic) bond motifs is 1. The second-order valence-corrected chi connectivity index (χ2v) is 8.29. The van der Waals surface area contributed by atoms with Gasteiger partial charge in [-0.25, -0.2) is 17.5 Å². The number of urea groups is 1. The number of amides is 2. The van der Waals surface area contributed by atoms with Gasteiger partial charge in [0.25, 0.3) is 0 Å². The summed E-state index contributed by atoms with van der Waals surface area (Å²) in [4.78, 5) is 14.3. The van der Waals surface area contributed by atoms with Gasteiger partial charge in [-0.05, 0) is 43.0 Å². The van der Waals surface area contributed by atoms with E-state index in [-0.39, 0.29) is 12.1 Å². The summed E-state index contributed by atoms with van der Waals surface area (Å²) in [5.74, 6) is 0.784. The summed E-state index contributed by atoms with van der Waals surface area (Å²) in [6.07, 6.45) is 3.55. The number of sulfonamides is 1. The first-order valence-electron chi connectivity index (χ1n) is 8.08. The molecule has 2 amide bonds. The number of nitrogens with zero attached hydrogens (tertiary/aromatic N) is 2. The van der Waals surface area contributed by atoms with Crippen molar-refractivity contribution in [1.82, 2.24) is 9.62 Å². The second-order valence-electron chi connectivity index (χ2n) is 6.31. The van der Waals surface area contributed by atoms with E-state index in [0.29, 0.717) is 19.6 Å². The molecule has 0 bridgehead atoms. The van der Waals surface area contributed by atoms with Gasteiger partial charge in [0.05, 0.1) is 13.4 Å². The summed E-state index contributed by atoms with van der Waals surface area (Å²) in [6, 6.07) is 5.37. The topological polar surface area (TPSA) is 79.0 Å². The van der Waals surface area contributed by atoms with Crippen molar-refractivity contribution in [3.63, 3.8) is 0 Å². The Balaban J connectivity index is 1.67. The number of hydrogen-bond acceptors (Lipinski definition) is 4. The lowest BCUT2D eigenvalue weighted by Crippen LogP contribution is -2.52. The van der Waals surface area contributed by atoms with Gasteiger partial charge in [-0.2, -0.15) is 0 Å². The quantitative estimate of drug-likeness (QED) is 0.885. The molecule has 2 aliphatic heterocycles. The minimum Gasteiger partial charge on any atom is -0.497 e. The number of nitrogens with one attached hydrogen (secondary N) is 1. The predicted molar refractivity (Wildman–Crippen MR) is 92.0 cm³/mol. The van der Waals surface area contributed by atoms with Gasteiger partial charge in [-0.15, -0.1) is 0 Å². The van der Waals surface area contributed by atoms with Crippen LogP contribution in [0.15, 0.2) is 18.2 Å². The van der Waals surface area contributed by atoms with Gasteiger partial charge in [0, 0.05) is 31.4 Å². The summed E-state index contributed by atoms with van der Waals surface area (Å²) in [6.45, 7) is 1.49. The molecule has 2 aliphatic rings. The first-order chi connectivity index (χ1) is 11.4. The first-order valence-corrected chi connectivity index (χ1v) is 9.93. The van der Waals surface area contributed by atoms with Crippen LogP contribution in [0.5, 0.6) is 5.75 Å². The van der Waals surface area contributed by atoms with Gasteiger partial charge < -0.3 is 10.1 Å². The fourth-order valence-corrected chi connectivity index (χ4v) is 4.24. The molecule has 0 aromatic heterocycles. The number of ether oxygens (including phenoxy) is 1. The minimum absolute atomic E-state index is 0.150. The van der Waals surface area contributed by atoms with E-state index in [1.165, 1.54) is 10.6 Å². The Morgan fingerprint density at radius 3 is 2.83 bits per heavy atom. The van der Waals surface area contributed by atoms with Crippen molar-refractivity contribution in [2.75, 3.05) is 37.9 Å². The maximum atomic E-state index is 12.6. The van der Waals surface area contributed by atoms with Crippen LogP contribution >= 0.6 is 0 Å². The maximum Gasteiger partial charge on any atom is 0.322 e. The Hall–Kier alpha value is -1.80. The fourth-order valence-electron chi connectivity index (χ4n) is 3.33. The number of methoxy groups -OCH3 is 1. The van der Waals surface area contributed by atoms with E-state index < -0.39 is 10.0 Å². The number of carbonyl (C=O) groups excluding carboxylic acids is 1. The molecule has 2 heterocycles. The van der Waals surface area contributed by atoms with Crippen LogP contribution in [0.3, 0.4) is 0 Å². The molecule has 132 valence electrons. The summed E-state index contributed by atoms with van der Waals surface area (Å²) < 4.78 is 30.0. The molecule has 1 fully saturated rings. The highest BCUT2D eigenvalue weighted by molar-refractivity contribution is 7.88. The van der Waals surface area contributed by atoms with Crippen LogP contribution < -0.4 is 15.0 Å². The molecule has 0 spiro atoms. The van der Waals surface area contributed by atoms with E-state index in [9.17, 15) is 13.2 Å². The monoisotopic (exact) mass is 353 g/mol. The number of carbonyl (C=O) groups is 1. The molecule has 24 heavy (non-hydrogen) atoms. The molecule has 3 rings (SSSR count). The zero-order valence-electron chi connectivity index (χ0n) is 14.0. The molecule has 1 unspecified atom stereocenters. The average molecular weight is 353 g/mol. The number of anilines is 1. The third kappa shape index (κ3) is 3.49. The van der Waals surface area contributed by atoms with Gasteiger partial charge in [0.1, 0.15) is 5.75 Å². The van der Waals surface area contributed by atoms with Crippen LogP contribution in [-0.2, 0) is 16.4 Å². The Bertz CT molecular complexity index is 735. The van der Waals surface area contributed by atoms with E-state index in [0.717, 1.165) is 36.3 Å². The highest BCUT2D eigenvalue weighted by Gasteiger charge is 2.30. The first kappa shape index (κ1) is 17.0. The smallest absolute Gasteiger partial charge is 0.322 e. The lowest BCUT2D eigenvalue weighted by atomic mass is 10.1. The Kier molecular flexibility index (Phi) is 4.69. The van der Waals surface area contributed by atoms with E-state index in [4.69, 9.17) is 4.74 Å². The summed E-state index contributed by atoms with van der Waals surface area (Å²) in [7, 11) is -1.59. The standard InChI is InChI=1S/C16H23N3O4S/c1-23-14-5-6-15-12(10-14)7-9-19(15)16(20)17-13-4-3-8-18(11-13)24(2,21)22/h5-6,10,13H,3-4,7-9,11H2,1-2H3,(H,17,20). The Morgan fingerprint density at radius 1 is 1.33 bits per heavy atom. The molecule has 1 atom stereocenters. The molecule has 1 aromatic rings. The Labute approximate surface area is 142 Å². The van der Waals surface area contributed by atoms with E-state index in [1.54, 1.807) is 12.0 Å². The van der Waals surface area contributed by atoms with Crippen LogP contribution in [0, 0.1) is 0 Å². The van der Waals surface area contributed by atoms with Crippen molar-refractivity contribution in [2.24, 2.45) is 0 Å². The van der Waals surface area contributed by atoms with Gasteiger partial charge in [-0.1, -0.05) is 0 Å². The number of hydrogen-bond donors (Lipinski definition) is 1. The van der Waals surface area contributed by atoms with Gasteiger partial charge in [-0.3, -0.25) is 4.90 Å². The zero-order chi connectivity index (χ0) is 17.3. The molecule has 1 saturated heterocycles. The van der Waals surface area contributed by atoms with Crippen molar-refractivity contribution in [2.45, 2.75) is 25.3 Å². The van der Waals surface area contributed by atoms with Crippen LogP contribution in [0.25, 0.3) is 0 Å². The molecule has 0 radical (unpaired) electrons. The van der Waals surface area contributed by atoms with Crippen molar-refractivity contribution in [3.05, 3.63) is 23.8 Å². The molecule has 0 saturated carbocycles. The molecule has 1 N–H and O–H groups in total. The van der Waals surface area contributed by atoms with Crippen molar-refractivity contribution in [1.29, 1.82) is 0 Å². The van der Waals surface area contributed by atoms with Gasteiger partial charge in [0.2, 0.25) is 10.0 Å². The SMILES string of the molecule is COc1ccc2c(c1)CCN2C(=O)NC1CCCN(S(C)(=O)=O)C1. The van der Waals surface area contributed by atoms with Crippen LogP contribution in [-0.4, -0.2) is 57.8 Å². The average Bonchev–Trinajstić information content (AvgIpc) is 2.97. The molecular weight excluding hydrogens is 330 g/mol. The molecule has 8 heteroatoms.